The third-order valence-electron chi connectivity index (χ3n) is 17.4. The number of aromatic nitrogens is 4. The molecule has 0 radical (unpaired) electrons. The zero-order chi connectivity index (χ0) is 74.6. The summed E-state index contributed by atoms with van der Waals surface area (Å²) in [5, 5.41) is 28.4. The van der Waals surface area contributed by atoms with E-state index in [-0.39, 0.29) is 94.5 Å². The predicted molar refractivity (Wildman–Crippen MR) is 371 cm³/mol. The van der Waals surface area contributed by atoms with E-state index < -0.39 is 161 Å². The number of amides is 9. The molecule has 9 amide bonds. The standard InChI is InChI=1S/C66H107N21O13/c1-36(2)28-45-55(92)57(94)47(29-37(3)4)84-85-66(8,63(100)81-43(22-23-51(67)88)54(91)56(93)46(83-72)32-52(68)89)25-16-18-40-35-76-86-87(40)27-15-11-10-14-24-65(7,73-9)62(99)82-50(33-53(69)90)61(98)79-48(30-38(5)6)59(96)80-49(31-39-34-75-42-20-13-12-19-41(39)42)60(97)77-44(58(95)78-45)21-17-26-74-64(70)71/h12-13,19-20,34-38,43-50,73,75,83-85H,10-11,14-18,21-33,72H2,1-9H3,(H2,67,88)(H2,68,89)(H2,69,90)(H,77,97)(H,78,95)(H,79,98)(H,80,96)(H,81,100)(H,82,99)(H4,70,71,74)/t43-,44?,45-,46-,47+,48?,49-,50-,65+,66-/m0/s1. The van der Waals surface area contributed by atoms with Gasteiger partial charge < -0.3 is 70.9 Å². The summed E-state index contributed by atoms with van der Waals surface area (Å²) in [4.78, 5) is 190. The van der Waals surface area contributed by atoms with Gasteiger partial charge in [-0.15, -0.1) is 5.10 Å². The highest BCUT2D eigenvalue weighted by atomic mass is 16.2. The number of nitrogens with one attached hydrogen (secondary N) is 11. The Bertz CT molecular complexity index is 3360. The number of nitrogens with zero attached hydrogens (tertiary/aromatic N) is 4. The van der Waals surface area contributed by atoms with Crippen molar-refractivity contribution in [2.75, 3.05) is 13.6 Å². The second-order valence-electron chi connectivity index (χ2n) is 27.4. The Morgan fingerprint density at radius 3 is 1.88 bits per heavy atom. The molecular formula is C66H107N21O13. The number of hydrogen-bond donors (Lipinski definition) is 17. The number of Topliss-reactive ketones (excluding diaryl/α,β-unsaturated/α-hetero) is 4. The molecule has 34 nitrogen and oxygen atoms in total. The number of benzene rings is 1. The number of aryl methyl sites for hydroxylation is 2. The lowest BCUT2D eigenvalue weighted by molar-refractivity contribution is -0.142. The average Bonchev–Trinajstić information content (AvgIpc) is 1.54. The summed E-state index contributed by atoms with van der Waals surface area (Å²) < 4.78 is 1.69. The van der Waals surface area contributed by atoms with Gasteiger partial charge in [-0.1, -0.05) is 84.2 Å². The monoisotopic (exact) mass is 1400 g/mol. The maximum atomic E-state index is 15.1. The van der Waals surface area contributed by atoms with Crippen molar-refractivity contribution < 1.29 is 62.3 Å². The topological polar surface area (TPSA) is 557 Å². The van der Waals surface area contributed by atoms with Crippen LogP contribution in [0.2, 0.25) is 0 Å². The zero-order valence-electron chi connectivity index (χ0n) is 59.0. The van der Waals surface area contributed by atoms with Gasteiger partial charge in [0.1, 0.15) is 29.7 Å². The molecule has 100 heavy (non-hydrogen) atoms. The van der Waals surface area contributed by atoms with Crippen LogP contribution < -0.4 is 88.0 Å². The predicted octanol–water partition coefficient (Wildman–Crippen LogP) is -2.29. The molecule has 0 saturated carbocycles. The van der Waals surface area contributed by atoms with E-state index in [1.165, 1.54) is 6.92 Å². The van der Waals surface area contributed by atoms with E-state index in [4.69, 9.17) is 34.5 Å². The van der Waals surface area contributed by atoms with Gasteiger partial charge in [-0.2, -0.15) is 0 Å². The van der Waals surface area contributed by atoms with E-state index in [2.05, 4.69) is 73.8 Å². The largest absolute Gasteiger partial charge is 0.370 e. The molecule has 2 unspecified atom stereocenters. The lowest BCUT2D eigenvalue weighted by Gasteiger charge is -2.34. The SMILES string of the molecule is CN[C@]1(C)CCCCCCn2nncc2CCC[C@@](C)(C(=O)N[C@@H](CCC(N)=O)C(=O)C(=O)[C@H](CC(N)=O)NN)NN[C@H](CC(C)C)C(=O)C(=O)[C@H](CC(C)C)NC(=O)C(CCCN=C(N)N)NC(=O)[C@H](Cc2c[nH]c3ccccc23)NC(=O)C(CC(C)C)NC(=O)[C@H](CC(N)=O)NC1=O. The summed E-state index contributed by atoms with van der Waals surface area (Å²) in [6.45, 7) is 14.1. The summed E-state index contributed by atoms with van der Waals surface area (Å²) in [7, 11) is 1.58. The number of likely N-dealkylation sites (N-methyl/N-ethyl adjacent to an activating group) is 1. The second kappa shape index (κ2) is 40.2. The maximum absolute atomic E-state index is 15.1. The number of aromatic amines is 1. The number of rotatable bonds is 26. The minimum atomic E-state index is -1.84. The van der Waals surface area contributed by atoms with Crippen LogP contribution in [0.3, 0.4) is 0 Å². The van der Waals surface area contributed by atoms with Gasteiger partial charge in [0, 0.05) is 43.0 Å². The van der Waals surface area contributed by atoms with E-state index in [9.17, 15) is 57.5 Å². The second-order valence-corrected chi connectivity index (χ2v) is 27.4. The molecule has 0 fully saturated rings. The van der Waals surface area contributed by atoms with Crippen molar-refractivity contribution in [1.29, 1.82) is 0 Å². The summed E-state index contributed by atoms with van der Waals surface area (Å²) in [5.74, 6) is -8.10. The Balaban J connectivity index is 1.89. The molecule has 3 heterocycles. The van der Waals surface area contributed by atoms with Gasteiger partial charge in [0.15, 0.2) is 5.96 Å². The first-order chi connectivity index (χ1) is 47.1. The molecule has 3 aromatic rings. The number of H-pyrrole nitrogens is 1. The minimum Gasteiger partial charge on any atom is -0.370 e. The molecule has 0 saturated heterocycles. The molecule has 0 bridgehead atoms. The van der Waals surface area contributed by atoms with E-state index in [1.54, 1.807) is 90.8 Å². The molecule has 0 spiro atoms. The molecule has 10 atom stereocenters. The van der Waals surface area contributed by atoms with Crippen LogP contribution in [0.4, 0.5) is 0 Å². The molecule has 554 valence electrons. The minimum absolute atomic E-state index is 0.00251. The van der Waals surface area contributed by atoms with Crippen LogP contribution >= 0.6 is 0 Å². The van der Waals surface area contributed by atoms with Gasteiger partial charge in [-0.25, -0.2) is 21.0 Å². The number of aliphatic imine (C=N–C) groups is 1. The summed E-state index contributed by atoms with van der Waals surface area (Å²) in [5.41, 5.74) is 34.6. The zero-order valence-corrected chi connectivity index (χ0v) is 59.0. The highest BCUT2D eigenvalue weighted by Gasteiger charge is 2.42. The fraction of sp³-hybridized carbons (Fsp3) is 0.636. The Kier molecular flexibility index (Phi) is 33.5. The van der Waals surface area contributed by atoms with Gasteiger partial charge >= 0.3 is 0 Å². The van der Waals surface area contributed by atoms with Crippen LogP contribution in [-0.2, 0) is 81.7 Å². The molecular weight excluding hydrogens is 1290 g/mol. The number of ketones is 4. The lowest BCUT2D eigenvalue weighted by atomic mass is 9.90. The van der Waals surface area contributed by atoms with Crippen molar-refractivity contribution in [3.05, 3.63) is 47.9 Å². The smallest absolute Gasteiger partial charge is 0.243 e. The molecule has 1 aliphatic heterocycles. The van der Waals surface area contributed by atoms with E-state index >= 15 is 4.79 Å². The fourth-order valence-electron chi connectivity index (χ4n) is 11.6. The molecule has 23 N–H and O–H groups in total. The molecule has 1 aliphatic rings. The lowest BCUT2D eigenvalue weighted by Crippen LogP contribution is -2.65. The van der Waals surface area contributed by atoms with Crippen LogP contribution in [0, 0.1) is 17.8 Å². The highest BCUT2D eigenvalue weighted by Crippen LogP contribution is 2.23. The molecule has 0 aliphatic carbocycles. The number of hydrogen-bond acceptors (Lipinski definition) is 21. The van der Waals surface area contributed by atoms with Crippen molar-refractivity contribution in [3.63, 3.8) is 0 Å². The third kappa shape index (κ3) is 26.5. The Morgan fingerprint density at radius 1 is 0.670 bits per heavy atom. The number of fused-ring (bicyclic) bond motifs is 2. The van der Waals surface area contributed by atoms with E-state index in [0.29, 0.717) is 54.4 Å². The maximum Gasteiger partial charge on any atom is 0.243 e. The number of para-hydroxylation sites is 1. The molecule has 4 rings (SSSR count). The van der Waals surface area contributed by atoms with Gasteiger partial charge in [-0.3, -0.25) is 73.2 Å². The first-order valence-corrected chi connectivity index (χ1v) is 34.1. The Morgan fingerprint density at radius 2 is 1.25 bits per heavy atom. The number of primary amides is 3. The van der Waals surface area contributed by atoms with Crippen molar-refractivity contribution >= 4 is 93.2 Å². The van der Waals surface area contributed by atoms with Crippen molar-refractivity contribution in [1.82, 2.24) is 73.5 Å². The van der Waals surface area contributed by atoms with Crippen LogP contribution in [0.25, 0.3) is 10.9 Å². The average molecular weight is 1400 g/mol. The number of carbonyl (C=O) groups is 13. The normalized spacial score (nSPS) is 23.4. The number of guanidine groups is 1. The van der Waals surface area contributed by atoms with Gasteiger partial charge in [-0.05, 0) is 121 Å². The molecule has 34 heteroatoms. The van der Waals surface area contributed by atoms with Crippen molar-refractivity contribution in [3.8, 4) is 0 Å². The van der Waals surface area contributed by atoms with Crippen LogP contribution in [-0.4, -0.2) is 175 Å². The number of hydrazine groups is 2. The summed E-state index contributed by atoms with van der Waals surface area (Å²) in [6.07, 6.45) is 3.60. The fourth-order valence-corrected chi connectivity index (χ4v) is 11.6. The van der Waals surface area contributed by atoms with Crippen LogP contribution in [0.1, 0.15) is 169 Å². The van der Waals surface area contributed by atoms with Crippen molar-refractivity contribution in [2.45, 2.75) is 237 Å². The molecule has 2 aromatic heterocycles. The Hall–Kier alpha value is -9.12. The van der Waals surface area contributed by atoms with Crippen molar-refractivity contribution in [2.24, 2.45) is 57.3 Å². The molecule has 1 aromatic carbocycles. The quantitative estimate of drug-likeness (QED) is 0.0100. The van der Waals surface area contributed by atoms with E-state index in [1.807, 2.05) is 6.07 Å². The first-order valence-electron chi connectivity index (χ1n) is 34.1. The van der Waals surface area contributed by atoms with Gasteiger partial charge in [0.05, 0.1) is 54.4 Å². The van der Waals surface area contributed by atoms with Crippen LogP contribution in [0.5, 0.6) is 0 Å². The van der Waals surface area contributed by atoms with Crippen LogP contribution in [0.15, 0.2) is 41.7 Å². The summed E-state index contributed by atoms with van der Waals surface area (Å²) >= 11 is 0. The van der Waals surface area contributed by atoms with E-state index in [0.717, 1.165) is 0 Å². The Labute approximate surface area is 582 Å². The number of nitrogens with two attached hydrogens (primary N) is 6. The highest BCUT2D eigenvalue weighted by molar-refractivity contribution is 6.42. The third-order valence-corrected chi connectivity index (χ3v) is 17.4. The van der Waals surface area contributed by atoms with Gasteiger partial charge in [0.2, 0.25) is 76.3 Å². The summed E-state index contributed by atoms with van der Waals surface area (Å²) in [6, 6.07) is -4.99. The van der Waals surface area contributed by atoms with Gasteiger partial charge in [0.25, 0.3) is 0 Å². The number of carbonyl (C=O) groups excluding carboxylic acids is 13. The first kappa shape index (κ1) is 83.3.